The predicted molar refractivity (Wildman–Crippen MR) is 150 cm³/mol. The van der Waals surface area contributed by atoms with Crippen molar-refractivity contribution in [2.45, 2.75) is 38.1 Å². The van der Waals surface area contributed by atoms with Gasteiger partial charge in [-0.05, 0) is 25.3 Å². The summed E-state index contributed by atoms with van der Waals surface area (Å²) in [5, 5.41) is 12.3. The minimum atomic E-state index is -1.02. The van der Waals surface area contributed by atoms with Crippen LogP contribution in [0, 0.1) is 6.92 Å². The van der Waals surface area contributed by atoms with Crippen LogP contribution in [-0.4, -0.2) is 91.8 Å². The molecule has 227 valence electrons. The van der Waals surface area contributed by atoms with Crippen LogP contribution in [0.2, 0.25) is 0 Å². The second kappa shape index (κ2) is 18.7. The Labute approximate surface area is 244 Å². The molecule has 0 aromatic heterocycles. The molecule has 1 radical (unpaired) electrons. The Balaban J connectivity index is 1.69. The van der Waals surface area contributed by atoms with E-state index in [4.69, 9.17) is 4.74 Å². The van der Waals surface area contributed by atoms with Crippen molar-refractivity contribution in [3.8, 4) is 0 Å². The van der Waals surface area contributed by atoms with Gasteiger partial charge in [-0.1, -0.05) is 36.8 Å². The van der Waals surface area contributed by atoms with E-state index in [1.165, 1.54) is 12.2 Å². The van der Waals surface area contributed by atoms with Crippen molar-refractivity contribution < 1.29 is 38.3 Å². The minimum absolute atomic E-state index is 0.0498. The second-order valence-corrected chi connectivity index (χ2v) is 9.21. The van der Waals surface area contributed by atoms with Gasteiger partial charge in [-0.15, -0.1) is 0 Å². The summed E-state index contributed by atoms with van der Waals surface area (Å²) in [7, 11) is 0. The second-order valence-electron chi connectivity index (χ2n) is 9.21. The number of unbranched alkanes of at least 4 members (excludes halogenated alkanes) is 2. The number of benzene rings is 1. The average molecular weight is 586 g/mol. The number of rotatable bonds is 19. The van der Waals surface area contributed by atoms with Gasteiger partial charge in [-0.25, -0.2) is 0 Å². The summed E-state index contributed by atoms with van der Waals surface area (Å²) in [4.78, 5) is 85.3. The first-order chi connectivity index (χ1) is 20.2. The van der Waals surface area contributed by atoms with Crippen molar-refractivity contribution in [1.82, 2.24) is 31.5 Å². The van der Waals surface area contributed by atoms with E-state index < -0.39 is 36.2 Å². The topological polar surface area (TPSA) is 192 Å². The van der Waals surface area contributed by atoms with Crippen LogP contribution in [0.5, 0.6) is 0 Å². The Morgan fingerprint density at radius 1 is 0.762 bits per heavy atom. The minimum Gasteiger partial charge on any atom is -0.361 e. The summed E-state index contributed by atoms with van der Waals surface area (Å²) in [5.74, 6) is -3.34. The molecule has 0 saturated heterocycles. The number of hydrogen-bond donors (Lipinski definition) is 5. The molecule has 14 heteroatoms. The zero-order valence-corrected chi connectivity index (χ0v) is 23.3. The Morgan fingerprint density at radius 3 is 2.07 bits per heavy atom. The molecule has 1 atom stereocenters. The van der Waals surface area contributed by atoms with E-state index in [0.29, 0.717) is 19.3 Å². The lowest BCUT2D eigenvalue weighted by Crippen LogP contribution is -2.52. The van der Waals surface area contributed by atoms with Crippen LogP contribution < -0.4 is 26.6 Å². The third-order valence-corrected chi connectivity index (χ3v) is 5.95. The van der Waals surface area contributed by atoms with Crippen LogP contribution in [0.15, 0.2) is 42.5 Å². The highest BCUT2D eigenvalue weighted by Crippen LogP contribution is 2.08. The summed E-state index contributed by atoms with van der Waals surface area (Å²) in [6.45, 7) is 2.79. The molecule has 1 aliphatic heterocycles. The van der Waals surface area contributed by atoms with Gasteiger partial charge < -0.3 is 31.3 Å². The molecule has 0 fully saturated rings. The molecular formula is C28H37N6O8. The highest BCUT2D eigenvalue weighted by Gasteiger charge is 2.23. The van der Waals surface area contributed by atoms with Crippen LogP contribution >= 0.6 is 0 Å². The molecule has 0 bridgehead atoms. The number of nitrogens with zero attached hydrogens (tertiary/aromatic N) is 1. The maximum atomic E-state index is 12.7. The predicted octanol–water partition coefficient (Wildman–Crippen LogP) is -1.53. The molecule has 7 amide bonds. The summed E-state index contributed by atoms with van der Waals surface area (Å²) >= 11 is 0. The van der Waals surface area contributed by atoms with Crippen LogP contribution in [0.3, 0.4) is 0 Å². The van der Waals surface area contributed by atoms with Crippen molar-refractivity contribution >= 4 is 41.4 Å². The lowest BCUT2D eigenvalue weighted by Gasteiger charge is -2.19. The molecule has 1 aliphatic rings. The van der Waals surface area contributed by atoms with Crippen molar-refractivity contribution in [3.05, 3.63) is 55.0 Å². The highest BCUT2D eigenvalue weighted by atomic mass is 16.5. The summed E-state index contributed by atoms with van der Waals surface area (Å²) in [5.41, 5.74) is 0.771. The number of carbonyl (C=O) groups is 7. The third-order valence-electron chi connectivity index (χ3n) is 5.95. The Kier molecular flexibility index (Phi) is 15.0. The van der Waals surface area contributed by atoms with Crippen molar-refractivity contribution in [2.24, 2.45) is 0 Å². The normalized spacial score (nSPS) is 12.9. The van der Waals surface area contributed by atoms with Crippen LogP contribution in [-0.2, 0) is 44.7 Å². The van der Waals surface area contributed by atoms with Gasteiger partial charge in [0.25, 0.3) is 11.8 Å². The maximum Gasteiger partial charge on any atom is 0.253 e. The number of ether oxygens (including phenoxy) is 1. The quantitative estimate of drug-likeness (QED) is 0.0734. The molecule has 0 saturated carbocycles. The van der Waals surface area contributed by atoms with Crippen molar-refractivity contribution in [1.29, 1.82) is 0 Å². The van der Waals surface area contributed by atoms with Crippen LogP contribution in [0.25, 0.3) is 0 Å². The Hall–Kier alpha value is -4.59. The molecular weight excluding hydrogens is 548 g/mol. The fourth-order valence-electron chi connectivity index (χ4n) is 3.75. The van der Waals surface area contributed by atoms with Gasteiger partial charge >= 0.3 is 0 Å². The van der Waals surface area contributed by atoms with Gasteiger partial charge in [-0.3, -0.25) is 38.5 Å². The number of carbonyl (C=O) groups excluding carboxylic acids is 7. The molecule has 2 rings (SSSR count). The summed E-state index contributed by atoms with van der Waals surface area (Å²) < 4.78 is 4.92. The molecule has 0 aliphatic carbocycles. The molecule has 42 heavy (non-hydrogen) atoms. The van der Waals surface area contributed by atoms with E-state index in [1.807, 2.05) is 6.07 Å². The van der Waals surface area contributed by atoms with E-state index in [2.05, 4.69) is 33.5 Å². The number of nitrogens with one attached hydrogen (secondary N) is 5. The van der Waals surface area contributed by atoms with Crippen molar-refractivity contribution in [2.75, 3.05) is 39.5 Å². The van der Waals surface area contributed by atoms with E-state index >= 15 is 0 Å². The fraction of sp³-hybridized carbons (Fsp3) is 0.429. The van der Waals surface area contributed by atoms with Crippen molar-refractivity contribution in [3.63, 3.8) is 0 Å². The van der Waals surface area contributed by atoms with Gasteiger partial charge in [0.05, 0.1) is 19.6 Å². The number of hydrogen-bond acceptors (Lipinski definition) is 8. The maximum absolute atomic E-state index is 12.7. The van der Waals surface area contributed by atoms with Gasteiger partial charge in [0, 0.05) is 38.1 Å². The van der Waals surface area contributed by atoms with E-state index in [-0.39, 0.29) is 63.5 Å². The SMILES string of the molecule is [CH2]COCNC(=O)CNC(=O)[C@H](Cc1ccccc1)NC(=O)CNC(=O)CNC(=O)CCCCCN1C(=O)C=CC1=O. The van der Waals surface area contributed by atoms with E-state index in [0.717, 1.165) is 10.5 Å². The molecule has 1 aromatic rings. The lowest BCUT2D eigenvalue weighted by atomic mass is 10.1. The Morgan fingerprint density at radius 2 is 1.38 bits per heavy atom. The van der Waals surface area contributed by atoms with Gasteiger partial charge in [0.15, 0.2) is 0 Å². The molecule has 1 aromatic carbocycles. The molecule has 14 nitrogen and oxygen atoms in total. The summed E-state index contributed by atoms with van der Waals surface area (Å²) in [6, 6.07) is 7.93. The van der Waals surface area contributed by atoms with E-state index in [9.17, 15) is 33.6 Å². The van der Waals surface area contributed by atoms with Crippen LogP contribution in [0.4, 0.5) is 0 Å². The molecule has 1 heterocycles. The standard InChI is InChI=1S/C28H37N6O8/c1-2-42-19-32-24(37)17-31-28(41)21(15-20-9-5-3-6-10-20)33-25(38)18-30-23(36)16-29-22(35)11-7-4-8-14-34-26(39)12-13-27(34)40/h3,5-6,9-10,12-13,21H,1-2,4,7-8,11,14-19H2,(H,29,35)(H,30,36)(H,31,41)(H,32,37)(H,33,38)/t21-/m0/s1. The highest BCUT2D eigenvalue weighted by molar-refractivity contribution is 6.12. The molecule has 0 spiro atoms. The lowest BCUT2D eigenvalue weighted by molar-refractivity contribution is -0.137. The zero-order chi connectivity index (χ0) is 30.7. The van der Waals surface area contributed by atoms with E-state index in [1.54, 1.807) is 24.3 Å². The van der Waals surface area contributed by atoms with Gasteiger partial charge in [-0.2, -0.15) is 0 Å². The summed E-state index contributed by atoms with van der Waals surface area (Å²) in [6.07, 6.45) is 4.43. The Bertz CT molecular complexity index is 1120. The largest absolute Gasteiger partial charge is 0.361 e. The third kappa shape index (κ3) is 13.2. The number of imide groups is 1. The first-order valence-electron chi connectivity index (χ1n) is 13.5. The number of amides is 7. The molecule has 0 unspecified atom stereocenters. The fourth-order valence-corrected chi connectivity index (χ4v) is 3.75. The monoisotopic (exact) mass is 585 g/mol. The van der Waals surface area contributed by atoms with Gasteiger partial charge in [0.1, 0.15) is 12.8 Å². The smallest absolute Gasteiger partial charge is 0.253 e. The molecule has 5 N–H and O–H groups in total. The van der Waals surface area contributed by atoms with Gasteiger partial charge in [0.2, 0.25) is 29.5 Å². The first-order valence-corrected chi connectivity index (χ1v) is 13.5. The average Bonchev–Trinajstić information content (AvgIpc) is 3.30. The first kappa shape index (κ1) is 33.6. The zero-order valence-electron chi connectivity index (χ0n) is 23.3. The van der Waals surface area contributed by atoms with Crippen LogP contribution in [0.1, 0.15) is 31.2 Å².